The van der Waals surface area contributed by atoms with Crippen molar-refractivity contribution in [2.24, 2.45) is 0 Å². The van der Waals surface area contributed by atoms with Gasteiger partial charge in [0, 0.05) is 11.4 Å². The van der Waals surface area contributed by atoms with E-state index >= 15 is 0 Å². The van der Waals surface area contributed by atoms with Gasteiger partial charge in [0.1, 0.15) is 5.01 Å². The van der Waals surface area contributed by atoms with E-state index in [9.17, 15) is 4.79 Å². The Morgan fingerprint density at radius 3 is 2.62 bits per heavy atom. The Hall–Kier alpha value is -1.85. The molecule has 0 atom stereocenters. The van der Waals surface area contributed by atoms with E-state index in [0.29, 0.717) is 11.7 Å². The molecule has 5 heteroatoms. The number of amides is 1. The highest BCUT2D eigenvalue weighted by atomic mass is 32.2. The molecule has 0 aliphatic carbocycles. The minimum atomic E-state index is 0.0263. The van der Waals surface area contributed by atoms with E-state index < -0.39 is 0 Å². The summed E-state index contributed by atoms with van der Waals surface area (Å²) in [4.78, 5) is 16.6. The minimum Gasteiger partial charge on any atom is -0.325 e. The number of thiazole rings is 1. The van der Waals surface area contributed by atoms with Crippen LogP contribution in [0.1, 0.15) is 30.3 Å². The zero-order valence-corrected chi connectivity index (χ0v) is 15.4. The first kappa shape index (κ1) is 17.0. The average molecular weight is 357 g/mol. The van der Waals surface area contributed by atoms with Crippen LogP contribution < -0.4 is 5.32 Å². The molecule has 1 N–H and O–H groups in total. The normalized spacial score (nSPS) is 11.1. The third-order valence-electron chi connectivity index (χ3n) is 3.66. The number of thioether (sulfide) groups is 1. The third kappa shape index (κ3) is 4.36. The molecule has 1 aromatic heterocycles. The monoisotopic (exact) mass is 356 g/mol. The predicted molar refractivity (Wildman–Crippen MR) is 105 cm³/mol. The van der Waals surface area contributed by atoms with Crippen molar-refractivity contribution < 1.29 is 4.79 Å². The molecule has 3 aromatic rings. The van der Waals surface area contributed by atoms with Crippen LogP contribution in [0.3, 0.4) is 0 Å². The maximum Gasteiger partial charge on any atom is 0.234 e. The number of anilines is 1. The van der Waals surface area contributed by atoms with E-state index in [1.807, 2.05) is 30.3 Å². The number of carbonyl (C=O) groups excluding carboxylic acids is 1. The van der Waals surface area contributed by atoms with Crippen molar-refractivity contribution in [3.05, 3.63) is 59.1 Å². The molecule has 0 fully saturated rings. The van der Waals surface area contributed by atoms with Gasteiger partial charge < -0.3 is 5.32 Å². The lowest BCUT2D eigenvalue weighted by molar-refractivity contribution is -0.113. The summed E-state index contributed by atoms with van der Waals surface area (Å²) in [6, 6.07) is 16.2. The maximum absolute atomic E-state index is 12.0. The minimum absolute atomic E-state index is 0.0263. The molecule has 0 spiro atoms. The fourth-order valence-electron chi connectivity index (χ4n) is 2.36. The van der Waals surface area contributed by atoms with Gasteiger partial charge in [0.05, 0.1) is 16.0 Å². The van der Waals surface area contributed by atoms with Gasteiger partial charge in [-0.25, -0.2) is 4.98 Å². The zero-order valence-electron chi connectivity index (χ0n) is 13.8. The van der Waals surface area contributed by atoms with Crippen LogP contribution in [0.2, 0.25) is 0 Å². The SMILES string of the molecule is CC(C)c1ccc(NC(=O)CSCc2nc3ccccc3s2)cc1. The summed E-state index contributed by atoms with van der Waals surface area (Å²) in [5.41, 5.74) is 3.16. The standard InChI is InChI=1S/C19H20N2OS2/c1-13(2)14-7-9-15(10-8-14)20-18(22)11-23-12-19-21-16-5-3-4-6-17(16)24-19/h3-10,13H,11-12H2,1-2H3,(H,20,22). The first-order valence-corrected chi connectivity index (χ1v) is 9.91. The van der Waals surface area contributed by atoms with Crippen molar-refractivity contribution in [2.75, 3.05) is 11.1 Å². The van der Waals surface area contributed by atoms with Crippen molar-refractivity contribution in [1.82, 2.24) is 4.98 Å². The largest absolute Gasteiger partial charge is 0.325 e. The van der Waals surface area contributed by atoms with E-state index in [1.54, 1.807) is 23.1 Å². The lowest BCUT2D eigenvalue weighted by Crippen LogP contribution is -2.14. The third-order valence-corrected chi connectivity index (χ3v) is 5.82. The second-order valence-corrected chi connectivity index (χ2v) is 7.99. The molecule has 0 unspecified atom stereocenters. The van der Waals surface area contributed by atoms with Crippen LogP contribution in [0, 0.1) is 0 Å². The Morgan fingerprint density at radius 1 is 1.17 bits per heavy atom. The molecule has 0 saturated heterocycles. The smallest absolute Gasteiger partial charge is 0.234 e. The van der Waals surface area contributed by atoms with Gasteiger partial charge in [-0.2, -0.15) is 0 Å². The van der Waals surface area contributed by atoms with Crippen LogP contribution in [-0.2, 0) is 10.5 Å². The highest BCUT2D eigenvalue weighted by Gasteiger charge is 2.07. The molecular weight excluding hydrogens is 336 g/mol. The average Bonchev–Trinajstić information content (AvgIpc) is 2.98. The lowest BCUT2D eigenvalue weighted by Gasteiger charge is -2.08. The number of nitrogens with zero attached hydrogens (tertiary/aromatic N) is 1. The van der Waals surface area contributed by atoms with Crippen LogP contribution >= 0.6 is 23.1 Å². The van der Waals surface area contributed by atoms with E-state index in [-0.39, 0.29) is 5.91 Å². The molecule has 0 radical (unpaired) electrons. The lowest BCUT2D eigenvalue weighted by atomic mass is 10.0. The van der Waals surface area contributed by atoms with Crippen molar-refractivity contribution in [2.45, 2.75) is 25.5 Å². The molecule has 0 aliphatic rings. The number of hydrogen-bond donors (Lipinski definition) is 1. The van der Waals surface area contributed by atoms with Crippen molar-refractivity contribution in [1.29, 1.82) is 0 Å². The van der Waals surface area contributed by atoms with Gasteiger partial charge in [0.25, 0.3) is 0 Å². The first-order valence-electron chi connectivity index (χ1n) is 7.94. The Bertz CT molecular complexity index is 792. The number of nitrogens with one attached hydrogen (secondary N) is 1. The van der Waals surface area contributed by atoms with E-state index in [0.717, 1.165) is 22.0 Å². The number of carbonyl (C=O) groups is 1. The Morgan fingerprint density at radius 2 is 1.92 bits per heavy atom. The summed E-state index contributed by atoms with van der Waals surface area (Å²) in [6.45, 7) is 4.32. The van der Waals surface area contributed by atoms with Crippen LogP contribution in [-0.4, -0.2) is 16.6 Å². The summed E-state index contributed by atoms with van der Waals surface area (Å²) < 4.78 is 1.20. The molecule has 0 bridgehead atoms. The molecule has 3 nitrogen and oxygen atoms in total. The highest BCUT2D eigenvalue weighted by molar-refractivity contribution is 7.99. The second-order valence-electron chi connectivity index (χ2n) is 5.89. The zero-order chi connectivity index (χ0) is 16.9. The maximum atomic E-state index is 12.0. The topological polar surface area (TPSA) is 42.0 Å². The Balaban J connectivity index is 1.48. The second kappa shape index (κ2) is 7.81. The molecule has 3 rings (SSSR count). The number of benzene rings is 2. The van der Waals surface area contributed by atoms with Gasteiger partial charge in [-0.3, -0.25) is 4.79 Å². The molecule has 1 heterocycles. The summed E-state index contributed by atoms with van der Waals surface area (Å²) in [5, 5.41) is 4.01. The summed E-state index contributed by atoms with van der Waals surface area (Å²) in [5.74, 6) is 1.72. The van der Waals surface area contributed by atoms with Crippen LogP contribution in [0.5, 0.6) is 0 Å². The number of fused-ring (bicyclic) bond motifs is 1. The van der Waals surface area contributed by atoms with Crippen LogP contribution in [0.4, 0.5) is 5.69 Å². The Labute approximate surface area is 150 Å². The van der Waals surface area contributed by atoms with Gasteiger partial charge in [-0.05, 0) is 35.7 Å². The van der Waals surface area contributed by atoms with Crippen molar-refractivity contribution in [3.8, 4) is 0 Å². The molecule has 1 amide bonds. The predicted octanol–water partition coefficient (Wildman–Crippen LogP) is 5.29. The number of aromatic nitrogens is 1. The molecular formula is C19H20N2OS2. The van der Waals surface area contributed by atoms with Gasteiger partial charge in [-0.1, -0.05) is 38.1 Å². The summed E-state index contributed by atoms with van der Waals surface area (Å²) in [7, 11) is 0. The number of rotatable bonds is 6. The van der Waals surface area contributed by atoms with Gasteiger partial charge >= 0.3 is 0 Å². The quantitative estimate of drug-likeness (QED) is 0.652. The van der Waals surface area contributed by atoms with E-state index in [1.165, 1.54) is 10.3 Å². The van der Waals surface area contributed by atoms with Crippen molar-refractivity contribution in [3.63, 3.8) is 0 Å². The van der Waals surface area contributed by atoms with E-state index in [4.69, 9.17) is 0 Å². The first-order chi connectivity index (χ1) is 11.6. The molecule has 0 saturated carbocycles. The fourth-order valence-corrected chi connectivity index (χ4v) is 4.21. The summed E-state index contributed by atoms with van der Waals surface area (Å²) >= 11 is 3.29. The van der Waals surface area contributed by atoms with Gasteiger partial charge in [0.15, 0.2) is 0 Å². The van der Waals surface area contributed by atoms with Gasteiger partial charge in [-0.15, -0.1) is 23.1 Å². The van der Waals surface area contributed by atoms with Crippen LogP contribution in [0.25, 0.3) is 10.2 Å². The number of hydrogen-bond acceptors (Lipinski definition) is 4. The molecule has 2 aromatic carbocycles. The van der Waals surface area contributed by atoms with Crippen molar-refractivity contribution >= 4 is 44.9 Å². The molecule has 124 valence electrons. The highest BCUT2D eigenvalue weighted by Crippen LogP contribution is 2.25. The summed E-state index contributed by atoms with van der Waals surface area (Å²) in [6.07, 6.45) is 0. The molecule has 0 aliphatic heterocycles. The fraction of sp³-hybridized carbons (Fsp3) is 0.263. The van der Waals surface area contributed by atoms with Crippen LogP contribution in [0.15, 0.2) is 48.5 Å². The van der Waals surface area contributed by atoms with E-state index in [2.05, 4.69) is 42.3 Å². The molecule has 24 heavy (non-hydrogen) atoms. The Kier molecular flexibility index (Phi) is 5.53. The van der Waals surface area contributed by atoms with Gasteiger partial charge in [0.2, 0.25) is 5.91 Å². The number of para-hydroxylation sites is 1.